The van der Waals surface area contributed by atoms with Gasteiger partial charge in [0.05, 0.1) is 11.6 Å². The number of hydrogen-bond donors (Lipinski definition) is 0. The zero-order valence-corrected chi connectivity index (χ0v) is 12.7. The topological polar surface area (TPSA) is 33.0 Å². The third kappa shape index (κ3) is 4.61. The second-order valence-electron chi connectivity index (χ2n) is 4.02. The summed E-state index contributed by atoms with van der Waals surface area (Å²) in [6, 6.07) is 3.57. The normalized spacial score (nSPS) is 11.9. The van der Waals surface area contributed by atoms with Gasteiger partial charge in [0.2, 0.25) is 0 Å². The van der Waals surface area contributed by atoms with E-state index in [1.54, 1.807) is 6.07 Å². The predicted molar refractivity (Wildman–Crippen MR) is 78.6 cm³/mol. The molecule has 0 saturated heterocycles. The standard InChI is InChI=1S/C13H15Cl2NOS/c1-3-17-13-10(4-9(2)7-18-8-16)5-11(14)6-12(13)15/h5-6,9H,3-4,7H2,1-2H3. The van der Waals surface area contributed by atoms with Crippen LogP contribution in [0.25, 0.3) is 0 Å². The van der Waals surface area contributed by atoms with Crippen molar-refractivity contribution in [2.75, 3.05) is 12.4 Å². The van der Waals surface area contributed by atoms with Crippen LogP contribution >= 0.6 is 35.0 Å². The van der Waals surface area contributed by atoms with Crippen LogP contribution in [0.5, 0.6) is 5.75 Å². The predicted octanol–water partition coefficient (Wildman–Crippen LogP) is 4.78. The van der Waals surface area contributed by atoms with E-state index in [4.69, 9.17) is 33.2 Å². The maximum Gasteiger partial charge on any atom is 0.141 e. The number of nitriles is 1. The molecule has 0 heterocycles. The molecule has 0 fully saturated rings. The summed E-state index contributed by atoms with van der Waals surface area (Å²) >= 11 is 13.4. The van der Waals surface area contributed by atoms with Crippen LogP contribution in [0.3, 0.4) is 0 Å². The van der Waals surface area contributed by atoms with Crippen LogP contribution in [-0.2, 0) is 6.42 Å². The molecule has 0 spiro atoms. The van der Waals surface area contributed by atoms with E-state index in [1.165, 1.54) is 11.8 Å². The van der Waals surface area contributed by atoms with Gasteiger partial charge in [-0.1, -0.05) is 30.1 Å². The average molecular weight is 304 g/mol. The first kappa shape index (κ1) is 15.5. The Morgan fingerprint density at radius 3 is 2.78 bits per heavy atom. The molecule has 5 heteroatoms. The van der Waals surface area contributed by atoms with Gasteiger partial charge in [-0.05, 0) is 48.7 Å². The average Bonchev–Trinajstić information content (AvgIpc) is 2.31. The zero-order valence-electron chi connectivity index (χ0n) is 10.4. The first-order valence-electron chi connectivity index (χ1n) is 5.70. The highest BCUT2D eigenvalue weighted by atomic mass is 35.5. The molecule has 2 nitrogen and oxygen atoms in total. The number of rotatable bonds is 6. The van der Waals surface area contributed by atoms with Crippen molar-refractivity contribution in [3.8, 4) is 11.2 Å². The Morgan fingerprint density at radius 1 is 1.44 bits per heavy atom. The number of ether oxygens (including phenoxy) is 1. The van der Waals surface area contributed by atoms with Crippen LogP contribution in [0.4, 0.5) is 0 Å². The Balaban J connectivity index is 2.89. The lowest BCUT2D eigenvalue weighted by Gasteiger charge is -2.15. The number of thioether (sulfide) groups is 1. The molecule has 0 aromatic heterocycles. The summed E-state index contributed by atoms with van der Waals surface area (Å²) < 4.78 is 5.57. The van der Waals surface area contributed by atoms with Gasteiger partial charge in [-0.15, -0.1) is 0 Å². The SMILES string of the molecule is CCOc1c(Cl)cc(Cl)cc1CC(C)CSC#N. The molecule has 0 saturated carbocycles. The third-order valence-electron chi connectivity index (χ3n) is 2.37. The molecule has 0 aliphatic rings. The Labute approximate surface area is 122 Å². The highest BCUT2D eigenvalue weighted by molar-refractivity contribution is 8.03. The van der Waals surface area contributed by atoms with Gasteiger partial charge >= 0.3 is 0 Å². The second-order valence-corrected chi connectivity index (χ2v) is 5.67. The molecule has 1 atom stereocenters. The molecule has 0 amide bonds. The zero-order chi connectivity index (χ0) is 13.5. The second kappa shape index (κ2) is 7.78. The van der Waals surface area contributed by atoms with Crippen molar-refractivity contribution in [3.63, 3.8) is 0 Å². The summed E-state index contributed by atoms with van der Waals surface area (Å²) in [6.07, 6.45) is 0.796. The monoisotopic (exact) mass is 303 g/mol. The molecule has 0 N–H and O–H groups in total. The summed E-state index contributed by atoms with van der Waals surface area (Å²) in [5, 5.41) is 11.8. The van der Waals surface area contributed by atoms with Crippen LogP contribution in [0.1, 0.15) is 19.4 Å². The molecule has 1 rings (SSSR count). The number of benzene rings is 1. The van der Waals surface area contributed by atoms with Gasteiger partial charge in [-0.2, -0.15) is 5.26 Å². The van der Waals surface area contributed by atoms with Gasteiger partial charge in [0.1, 0.15) is 11.2 Å². The lowest BCUT2D eigenvalue weighted by atomic mass is 10.0. The van der Waals surface area contributed by atoms with E-state index in [0.717, 1.165) is 17.7 Å². The van der Waals surface area contributed by atoms with E-state index in [2.05, 4.69) is 12.3 Å². The van der Waals surface area contributed by atoms with Crippen molar-refractivity contribution in [1.82, 2.24) is 0 Å². The lowest BCUT2D eigenvalue weighted by Crippen LogP contribution is -2.05. The fourth-order valence-corrected chi connectivity index (χ4v) is 2.75. The minimum atomic E-state index is 0.364. The van der Waals surface area contributed by atoms with E-state index in [1.807, 2.05) is 13.0 Å². The van der Waals surface area contributed by atoms with Crippen molar-refractivity contribution in [1.29, 1.82) is 5.26 Å². The Morgan fingerprint density at radius 2 is 2.17 bits per heavy atom. The van der Waals surface area contributed by atoms with Gasteiger partial charge in [0.15, 0.2) is 0 Å². The molecular formula is C13H15Cl2NOS. The molecule has 18 heavy (non-hydrogen) atoms. The fourth-order valence-electron chi connectivity index (χ4n) is 1.69. The molecule has 0 aliphatic carbocycles. The first-order valence-corrected chi connectivity index (χ1v) is 7.44. The quantitative estimate of drug-likeness (QED) is 0.709. The van der Waals surface area contributed by atoms with Crippen molar-refractivity contribution in [2.24, 2.45) is 5.92 Å². The fraction of sp³-hybridized carbons (Fsp3) is 0.462. The summed E-state index contributed by atoms with van der Waals surface area (Å²) in [5.74, 6) is 1.85. The Bertz CT molecular complexity index is 445. The number of hydrogen-bond acceptors (Lipinski definition) is 3. The number of thiocyanates is 1. The van der Waals surface area contributed by atoms with E-state index >= 15 is 0 Å². The number of halogens is 2. The molecule has 0 radical (unpaired) electrons. The highest BCUT2D eigenvalue weighted by Crippen LogP contribution is 2.34. The minimum Gasteiger partial charge on any atom is -0.492 e. The Hall–Kier alpha value is -0.560. The van der Waals surface area contributed by atoms with Crippen LogP contribution < -0.4 is 4.74 Å². The van der Waals surface area contributed by atoms with Gasteiger partial charge in [-0.3, -0.25) is 0 Å². The molecule has 1 unspecified atom stereocenters. The van der Waals surface area contributed by atoms with Crippen LogP contribution in [-0.4, -0.2) is 12.4 Å². The smallest absolute Gasteiger partial charge is 0.141 e. The van der Waals surface area contributed by atoms with E-state index in [-0.39, 0.29) is 0 Å². The van der Waals surface area contributed by atoms with Crippen LogP contribution in [0.15, 0.2) is 12.1 Å². The highest BCUT2D eigenvalue weighted by Gasteiger charge is 2.13. The van der Waals surface area contributed by atoms with Crippen molar-refractivity contribution in [2.45, 2.75) is 20.3 Å². The van der Waals surface area contributed by atoms with Gasteiger partial charge < -0.3 is 4.74 Å². The maximum atomic E-state index is 8.55. The van der Waals surface area contributed by atoms with Crippen LogP contribution in [0.2, 0.25) is 10.0 Å². The summed E-state index contributed by atoms with van der Waals surface area (Å²) in [4.78, 5) is 0. The van der Waals surface area contributed by atoms with Gasteiger partial charge in [0.25, 0.3) is 0 Å². The van der Waals surface area contributed by atoms with E-state index < -0.39 is 0 Å². The molecule has 98 valence electrons. The molecule has 0 bridgehead atoms. The molecule has 0 aliphatic heterocycles. The first-order chi connectivity index (χ1) is 8.58. The molecule has 1 aromatic carbocycles. The minimum absolute atomic E-state index is 0.364. The lowest BCUT2D eigenvalue weighted by molar-refractivity contribution is 0.335. The largest absolute Gasteiger partial charge is 0.492 e. The van der Waals surface area contributed by atoms with E-state index in [9.17, 15) is 0 Å². The summed E-state index contributed by atoms with van der Waals surface area (Å²) in [7, 11) is 0. The van der Waals surface area contributed by atoms with Gasteiger partial charge in [0, 0.05) is 10.8 Å². The molecule has 1 aromatic rings. The van der Waals surface area contributed by atoms with E-state index in [0.29, 0.717) is 28.3 Å². The summed E-state index contributed by atoms with van der Waals surface area (Å²) in [5.41, 5.74) is 1.00. The van der Waals surface area contributed by atoms with Crippen molar-refractivity contribution >= 4 is 35.0 Å². The summed E-state index contributed by atoms with van der Waals surface area (Å²) in [6.45, 7) is 4.58. The Kier molecular flexibility index (Phi) is 6.70. The molecular weight excluding hydrogens is 289 g/mol. The van der Waals surface area contributed by atoms with Crippen molar-refractivity contribution in [3.05, 3.63) is 27.7 Å². The van der Waals surface area contributed by atoms with Crippen molar-refractivity contribution < 1.29 is 4.74 Å². The van der Waals surface area contributed by atoms with Crippen LogP contribution in [0, 0.1) is 16.6 Å². The maximum absolute atomic E-state index is 8.55. The van der Waals surface area contributed by atoms with Gasteiger partial charge in [-0.25, -0.2) is 0 Å². The third-order valence-corrected chi connectivity index (χ3v) is 3.74. The number of nitrogens with zero attached hydrogens (tertiary/aromatic N) is 1.